The lowest BCUT2D eigenvalue weighted by Gasteiger charge is -2.16. The van der Waals surface area contributed by atoms with Gasteiger partial charge in [-0.05, 0) is 42.9 Å². The Labute approximate surface area is 109 Å². The van der Waals surface area contributed by atoms with Crippen LogP contribution in [0.2, 0.25) is 0 Å². The molecule has 0 N–H and O–H groups in total. The van der Waals surface area contributed by atoms with Gasteiger partial charge in [-0.3, -0.25) is 0 Å². The van der Waals surface area contributed by atoms with Crippen LogP contribution in [0.4, 0.5) is 0 Å². The first kappa shape index (κ1) is 13.4. The lowest BCUT2D eigenvalue weighted by atomic mass is 9.90. The summed E-state index contributed by atoms with van der Waals surface area (Å²) >= 11 is 0. The van der Waals surface area contributed by atoms with Gasteiger partial charge in [-0.15, -0.1) is 0 Å². The molecule has 0 radical (unpaired) electrons. The summed E-state index contributed by atoms with van der Waals surface area (Å²) in [7, 11) is 0. The first-order chi connectivity index (χ1) is 8.28. The Hall–Kier alpha value is 0. The van der Waals surface area contributed by atoms with Gasteiger partial charge in [0, 0.05) is 0 Å². The van der Waals surface area contributed by atoms with E-state index in [0.717, 1.165) is 23.7 Å². The van der Waals surface area contributed by atoms with Gasteiger partial charge in [0.05, 0.1) is 0 Å². The Kier molecular flexibility index (Phi) is 5.38. The Morgan fingerprint density at radius 1 is 0.824 bits per heavy atom. The normalized spacial score (nSPS) is 37.8. The van der Waals surface area contributed by atoms with Gasteiger partial charge in [-0.1, -0.05) is 65.2 Å². The molecule has 0 aliphatic heterocycles. The summed E-state index contributed by atoms with van der Waals surface area (Å²) in [6, 6.07) is 0. The van der Waals surface area contributed by atoms with Crippen molar-refractivity contribution < 1.29 is 0 Å². The van der Waals surface area contributed by atoms with Crippen LogP contribution in [-0.4, -0.2) is 0 Å². The minimum Gasteiger partial charge on any atom is -0.0654 e. The fourth-order valence-corrected chi connectivity index (χ4v) is 4.35. The van der Waals surface area contributed by atoms with Crippen LogP contribution in [0.5, 0.6) is 0 Å². The van der Waals surface area contributed by atoms with Crippen LogP contribution < -0.4 is 0 Å². The lowest BCUT2D eigenvalue weighted by molar-refractivity contribution is 0.357. The summed E-state index contributed by atoms with van der Waals surface area (Å²) in [5, 5.41) is 0. The van der Waals surface area contributed by atoms with Crippen molar-refractivity contribution in [2.24, 2.45) is 23.7 Å². The average Bonchev–Trinajstić information content (AvgIpc) is 2.90. The first-order valence-electron chi connectivity index (χ1n) is 8.28. The molecule has 4 atom stereocenters. The van der Waals surface area contributed by atoms with E-state index < -0.39 is 0 Å². The van der Waals surface area contributed by atoms with Crippen molar-refractivity contribution in [3.8, 4) is 0 Å². The van der Waals surface area contributed by atoms with Crippen molar-refractivity contribution in [3.05, 3.63) is 0 Å². The van der Waals surface area contributed by atoms with Crippen molar-refractivity contribution in [1.29, 1.82) is 0 Å². The van der Waals surface area contributed by atoms with Gasteiger partial charge in [0.15, 0.2) is 0 Å². The molecule has 100 valence electrons. The number of unbranched alkanes of at least 4 members (excludes halogenated alkanes) is 2. The van der Waals surface area contributed by atoms with Gasteiger partial charge in [0.25, 0.3) is 0 Å². The van der Waals surface area contributed by atoms with Gasteiger partial charge < -0.3 is 0 Å². The Balaban J connectivity index is 1.61. The van der Waals surface area contributed by atoms with Gasteiger partial charge in [-0.25, -0.2) is 0 Å². The third kappa shape index (κ3) is 4.30. The lowest BCUT2D eigenvalue weighted by Crippen LogP contribution is -2.04. The third-order valence-corrected chi connectivity index (χ3v) is 5.34. The highest BCUT2D eigenvalue weighted by Crippen LogP contribution is 2.42. The molecular formula is C17H32. The van der Waals surface area contributed by atoms with Crippen LogP contribution in [0.15, 0.2) is 0 Å². The second kappa shape index (κ2) is 6.81. The maximum absolute atomic E-state index is 2.45. The van der Waals surface area contributed by atoms with E-state index in [-0.39, 0.29) is 0 Å². The van der Waals surface area contributed by atoms with E-state index >= 15 is 0 Å². The summed E-state index contributed by atoms with van der Waals surface area (Å²) in [5.74, 6) is 4.34. The van der Waals surface area contributed by atoms with E-state index in [2.05, 4.69) is 13.8 Å². The highest BCUT2D eigenvalue weighted by molar-refractivity contribution is 4.81. The van der Waals surface area contributed by atoms with E-state index in [0.29, 0.717) is 0 Å². The summed E-state index contributed by atoms with van der Waals surface area (Å²) in [6.07, 6.45) is 16.7. The topological polar surface area (TPSA) is 0 Å². The summed E-state index contributed by atoms with van der Waals surface area (Å²) in [4.78, 5) is 0. The molecule has 0 bridgehead atoms. The van der Waals surface area contributed by atoms with Crippen molar-refractivity contribution in [3.63, 3.8) is 0 Å². The predicted octanol–water partition coefficient (Wildman–Crippen LogP) is 5.81. The van der Waals surface area contributed by atoms with E-state index in [1.807, 2.05) is 0 Å². The van der Waals surface area contributed by atoms with E-state index in [1.54, 1.807) is 25.7 Å². The Morgan fingerprint density at radius 3 is 2.24 bits per heavy atom. The van der Waals surface area contributed by atoms with Gasteiger partial charge in [0.2, 0.25) is 0 Å². The molecule has 0 spiro atoms. The molecule has 4 unspecified atom stereocenters. The van der Waals surface area contributed by atoms with E-state index in [1.165, 1.54) is 44.9 Å². The van der Waals surface area contributed by atoms with E-state index in [9.17, 15) is 0 Å². The van der Waals surface area contributed by atoms with Gasteiger partial charge in [0.1, 0.15) is 0 Å². The largest absolute Gasteiger partial charge is 0.0654 e. The molecule has 0 aromatic carbocycles. The zero-order valence-electron chi connectivity index (χ0n) is 12.1. The highest BCUT2D eigenvalue weighted by Gasteiger charge is 2.29. The van der Waals surface area contributed by atoms with Crippen LogP contribution in [0, 0.1) is 23.7 Å². The summed E-state index contributed by atoms with van der Waals surface area (Å²) < 4.78 is 0. The second-order valence-corrected chi connectivity index (χ2v) is 7.06. The third-order valence-electron chi connectivity index (χ3n) is 5.34. The molecule has 0 nitrogen and oxygen atoms in total. The van der Waals surface area contributed by atoms with Crippen LogP contribution in [-0.2, 0) is 0 Å². The van der Waals surface area contributed by atoms with Crippen LogP contribution in [0.1, 0.15) is 84.5 Å². The maximum Gasteiger partial charge on any atom is -0.0409 e. The molecule has 0 saturated heterocycles. The van der Waals surface area contributed by atoms with Crippen LogP contribution in [0.25, 0.3) is 0 Å². The summed E-state index contributed by atoms with van der Waals surface area (Å²) in [6.45, 7) is 4.76. The monoisotopic (exact) mass is 236 g/mol. The van der Waals surface area contributed by atoms with Crippen LogP contribution in [0.3, 0.4) is 0 Å². The SMILES string of the molecule is CCCCCC1CCC(CC2CCC(C)C2)C1. The average molecular weight is 236 g/mol. The predicted molar refractivity (Wildman–Crippen MR) is 76.1 cm³/mol. The number of rotatable bonds is 6. The fraction of sp³-hybridized carbons (Fsp3) is 1.00. The molecule has 2 saturated carbocycles. The van der Waals surface area contributed by atoms with Crippen molar-refractivity contribution in [1.82, 2.24) is 0 Å². The molecule has 0 aromatic rings. The second-order valence-electron chi connectivity index (χ2n) is 7.06. The molecule has 0 amide bonds. The quantitative estimate of drug-likeness (QED) is 0.511. The summed E-state index contributed by atoms with van der Waals surface area (Å²) in [5.41, 5.74) is 0. The van der Waals surface area contributed by atoms with Crippen LogP contribution >= 0.6 is 0 Å². The minimum absolute atomic E-state index is 1.03. The molecule has 2 fully saturated rings. The Morgan fingerprint density at radius 2 is 1.53 bits per heavy atom. The molecular weight excluding hydrogens is 204 g/mol. The molecule has 0 aromatic heterocycles. The maximum atomic E-state index is 2.45. The van der Waals surface area contributed by atoms with E-state index in [4.69, 9.17) is 0 Å². The highest BCUT2D eigenvalue weighted by atomic mass is 14.3. The molecule has 2 rings (SSSR count). The minimum atomic E-state index is 1.03. The first-order valence-corrected chi connectivity index (χ1v) is 8.28. The number of hydrogen-bond donors (Lipinski definition) is 0. The van der Waals surface area contributed by atoms with Gasteiger partial charge >= 0.3 is 0 Å². The molecule has 2 aliphatic rings. The molecule has 0 heterocycles. The zero-order valence-corrected chi connectivity index (χ0v) is 12.1. The van der Waals surface area contributed by atoms with Crippen molar-refractivity contribution in [2.75, 3.05) is 0 Å². The van der Waals surface area contributed by atoms with Crippen molar-refractivity contribution >= 4 is 0 Å². The zero-order chi connectivity index (χ0) is 12.1. The molecule has 17 heavy (non-hydrogen) atoms. The number of hydrogen-bond acceptors (Lipinski definition) is 0. The molecule has 2 aliphatic carbocycles. The van der Waals surface area contributed by atoms with Gasteiger partial charge in [-0.2, -0.15) is 0 Å². The smallest absolute Gasteiger partial charge is 0.0409 e. The Bertz CT molecular complexity index is 208. The standard InChI is InChI=1S/C17H32/c1-3-4-5-6-15-9-10-17(12-15)13-16-8-7-14(2)11-16/h14-17H,3-13H2,1-2H3. The van der Waals surface area contributed by atoms with Crippen molar-refractivity contribution in [2.45, 2.75) is 84.5 Å². The molecule has 0 heteroatoms. The fourth-order valence-electron chi connectivity index (χ4n) is 4.35.